The SMILES string of the molecule is Cc1ccc2c(c1)NCNS2(=O)=O. The highest BCUT2D eigenvalue weighted by atomic mass is 32.2. The number of anilines is 1. The van der Waals surface area contributed by atoms with Gasteiger partial charge in [-0.3, -0.25) is 0 Å². The Morgan fingerprint density at radius 3 is 2.92 bits per heavy atom. The molecule has 1 aromatic carbocycles. The van der Waals surface area contributed by atoms with Gasteiger partial charge in [-0.1, -0.05) is 6.07 Å². The van der Waals surface area contributed by atoms with Crippen LogP contribution in [0.2, 0.25) is 0 Å². The number of hydrogen-bond acceptors (Lipinski definition) is 3. The van der Waals surface area contributed by atoms with Crippen molar-refractivity contribution in [2.24, 2.45) is 0 Å². The van der Waals surface area contributed by atoms with Crippen molar-refractivity contribution in [3.8, 4) is 0 Å². The molecule has 0 spiro atoms. The minimum absolute atomic E-state index is 0.263. The van der Waals surface area contributed by atoms with Crippen LogP contribution in [0.3, 0.4) is 0 Å². The van der Waals surface area contributed by atoms with Gasteiger partial charge in [0.25, 0.3) is 0 Å². The zero-order valence-corrected chi connectivity index (χ0v) is 7.98. The highest BCUT2D eigenvalue weighted by molar-refractivity contribution is 7.89. The van der Waals surface area contributed by atoms with Gasteiger partial charge in [0.1, 0.15) is 4.90 Å². The fourth-order valence-electron chi connectivity index (χ4n) is 1.32. The Kier molecular flexibility index (Phi) is 1.78. The molecule has 0 atom stereocenters. The summed E-state index contributed by atoms with van der Waals surface area (Å²) >= 11 is 0. The van der Waals surface area contributed by atoms with Gasteiger partial charge in [0.2, 0.25) is 10.0 Å². The van der Waals surface area contributed by atoms with Gasteiger partial charge in [-0.15, -0.1) is 0 Å². The first-order valence-corrected chi connectivity index (χ1v) is 5.42. The molecule has 0 radical (unpaired) electrons. The number of hydrogen-bond donors (Lipinski definition) is 2. The summed E-state index contributed by atoms with van der Waals surface area (Å²) in [5.41, 5.74) is 1.72. The molecule has 2 N–H and O–H groups in total. The first-order valence-electron chi connectivity index (χ1n) is 3.94. The third-order valence-corrected chi connectivity index (χ3v) is 3.43. The van der Waals surface area contributed by atoms with Gasteiger partial charge in [0.15, 0.2) is 0 Å². The van der Waals surface area contributed by atoms with Crippen molar-refractivity contribution in [1.82, 2.24) is 4.72 Å². The second-order valence-corrected chi connectivity index (χ2v) is 4.74. The van der Waals surface area contributed by atoms with Crippen molar-refractivity contribution < 1.29 is 8.42 Å². The molecule has 2 rings (SSSR count). The highest BCUT2D eigenvalue weighted by Gasteiger charge is 2.21. The number of aryl methyl sites for hydroxylation is 1. The smallest absolute Gasteiger partial charge is 0.244 e. The van der Waals surface area contributed by atoms with Gasteiger partial charge >= 0.3 is 0 Å². The molecule has 0 unspecified atom stereocenters. The van der Waals surface area contributed by atoms with Crippen molar-refractivity contribution in [3.63, 3.8) is 0 Å². The lowest BCUT2D eigenvalue weighted by atomic mass is 10.2. The summed E-state index contributed by atoms with van der Waals surface area (Å²) in [6.45, 7) is 2.19. The van der Waals surface area contributed by atoms with Crippen molar-refractivity contribution in [2.75, 3.05) is 12.0 Å². The molecule has 5 heteroatoms. The zero-order chi connectivity index (χ0) is 9.47. The van der Waals surface area contributed by atoms with Crippen LogP contribution in [0.25, 0.3) is 0 Å². The maximum atomic E-state index is 11.4. The molecule has 0 saturated carbocycles. The number of benzene rings is 1. The minimum atomic E-state index is -3.27. The Balaban J connectivity index is 2.66. The third-order valence-electron chi connectivity index (χ3n) is 1.97. The summed E-state index contributed by atoms with van der Waals surface area (Å²) < 4.78 is 25.3. The minimum Gasteiger partial charge on any atom is -0.370 e. The van der Waals surface area contributed by atoms with Crippen molar-refractivity contribution >= 4 is 15.7 Å². The third kappa shape index (κ3) is 1.40. The molecular formula is C8H10N2O2S. The van der Waals surface area contributed by atoms with Crippen LogP contribution in [0.1, 0.15) is 5.56 Å². The van der Waals surface area contributed by atoms with Crippen molar-refractivity contribution in [3.05, 3.63) is 23.8 Å². The van der Waals surface area contributed by atoms with E-state index in [4.69, 9.17) is 0 Å². The lowest BCUT2D eigenvalue weighted by Crippen LogP contribution is -2.34. The average molecular weight is 198 g/mol. The van der Waals surface area contributed by atoms with Crippen LogP contribution < -0.4 is 10.0 Å². The topological polar surface area (TPSA) is 58.2 Å². The van der Waals surface area contributed by atoms with E-state index in [1.54, 1.807) is 12.1 Å². The maximum absolute atomic E-state index is 11.4. The Hall–Kier alpha value is -1.07. The summed E-state index contributed by atoms with van der Waals surface area (Å²) in [5, 5.41) is 2.97. The molecule has 4 nitrogen and oxygen atoms in total. The van der Waals surface area contributed by atoms with Crippen LogP contribution in [0.4, 0.5) is 5.69 Å². The normalized spacial score (nSPS) is 18.8. The van der Waals surface area contributed by atoms with Crippen LogP contribution >= 0.6 is 0 Å². The lowest BCUT2D eigenvalue weighted by molar-refractivity contribution is 0.581. The summed E-state index contributed by atoms with van der Waals surface area (Å²) in [4.78, 5) is 0.323. The van der Waals surface area contributed by atoms with Gasteiger partial charge in [-0.05, 0) is 24.6 Å². The molecule has 0 aliphatic carbocycles. The average Bonchev–Trinajstić information content (AvgIpc) is 2.02. The summed E-state index contributed by atoms with van der Waals surface area (Å²) in [7, 11) is -3.27. The van der Waals surface area contributed by atoms with E-state index < -0.39 is 10.0 Å². The monoisotopic (exact) mass is 198 g/mol. The summed E-state index contributed by atoms with van der Waals surface area (Å²) in [6, 6.07) is 5.22. The molecule has 1 aliphatic rings. The molecule has 0 aromatic heterocycles. The van der Waals surface area contributed by atoms with E-state index in [9.17, 15) is 8.42 Å². The Morgan fingerprint density at radius 1 is 1.38 bits per heavy atom. The van der Waals surface area contributed by atoms with Crippen LogP contribution in [0.15, 0.2) is 23.1 Å². The van der Waals surface area contributed by atoms with Crippen LogP contribution in [-0.2, 0) is 10.0 Å². The van der Waals surface area contributed by atoms with Crippen molar-refractivity contribution in [2.45, 2.75) is 11.8 Å². The molecule has 70 valence electrons. The lowest BCUT2D eigenvalue weighted by Gasteiger charge is -2.19. The van der Waals surface area contributed by atoms with Crippen LogP contribution in [0.5, 0.6) is 0 Å². The fourth-order valence-corrected chi connectivity index (χ4v) is 2.41. The fraction of sp³-hybridized carbons (Fsp3) is 0.250. The summed E-state index contributed by atoms with van der Waals surface area (Å²) in [6.07, 6.45) is 0. The molecule has 13 heavy (non-hydrogen) atoms. The second kappa shape index (κ2) is 2.71. The first kappa shape index (κ1) is 8.52. The Bertz CT molecular complexity index is 439. The molecule has 1 aliphatic heterocycles. The van der Waals surface area contributed by atoms with E-state index in [0.29, 0.717) is 10.6 Å². The predicted molar refractivity (Wildman–Crippen MR) is 50.0 cm³/mol. The number of nitrogens with one attached hydrogen (secondary N) is 2. The molecule has 1 heterocycles. The molecule has 0 bridgehead atoms. The largest absolute Gasteiger partial charge is 0.370 e. The van der Waals surface area contributed by atoms with Gasteiger partial charge in [-0.2, -0.15) is 4.72 Å². The van der Waals surface area contributed by atoms with E-state index >= 15 is 0 Å². The van der Waals surface area contributed by atoms with Crippen molar-refractivity contribution in [1.29, 1.82) is 0 Å². The van der Waals surface area contributed by atoms with Gasteiger partial charge in [0, 0.05) is 0 Å². The molecule has 0 amide bonds. The van der Waals surface area contributed by atoms with E-state index in [1.807, 2.05) is 13.0 Å². The van der Waals surface area contributed by atoms with E-state index in [2.05, 4.69) is 10.0 Å². The van der Waals surface area contributed by atoms with Crippen LogP contribution in [-0.4, -0.2) is 15.1 Å². The van der Waals surface area contributed by atoms with E-state index in [1.165, 1.54) is 0 Å². The van der Waals surface area contributed by atoms with E-state index in [-0.39, 0.29) is 6.67 Å². The number of sulfonamides is 1. The van der Waals surface area contributed by atoms with Gasteiger partial charge in [0.05, 0.1) is 12.4 Å². The Morgan fingerprint density at radius 2 is 2.15 bits per heavy atom. The second-order valence-electron chi connectivity index (χ2n) is 3.00. The summed E-state index contributed by atoms with van der Waals surface area (Å²) in [5.74, 6) is 0. The molecular weight excluding hydrogens is 188 g/mol. The van der Waals surface area contributed by atoms with Gasteiger partial charge < -0.3 is 5.32 Å². The zero-order valence-electron chi connectivity index (χ0n) is 7.16. The van der Waals surface area contributed by atoms with Gasteiger partial charge in [-0.25, -0.2) is 8.42 Å². The number of fused-ring (bicyclic) bond motifs is 1. The molecule has 1 aromatic rings. The first-order chi connectivity index (χ1) is 6.09. The molecule has 0 fully saturated rings. The predicted octanol–water partition coefficient (Wildman–Crippen LogP) is 0.656. The Labute approximate surface area is 77.0 Å². The number of rotatable bonds is 0. The van der Waals surface area contributed by atoms with E-state index in [0.717, 1.165) is 5.56 Å². The maximum Gasteiger partial charge on any atom is 0.244 e. The van der Waals surface area contributed by atoms with Crippen LogP contribution in [0, 0.1) is 6.92 Å². The molecule has 0 saturated heterocycles. The highest BCUT2D eigenvalue weighted by Crippen LogP contribution is 2.24. The standard InChI is InChI=1S/C8H10N2O2S/c1-6-2-3-8-7(4-6)9-5-10-13(8,11)12/h2-4,9-10H,5H2,1H3. The quantitative estimate of drug-likeness (QED) is 0.643.